The van der Waals surface area contributed by atoms with Crippen molar-refractivity contribution < 1.29 is 13.5 Å². The van der Waals surface area contributed by atoms with Crippen LogP contribution in [-0.2, 0) is 10.0 Å². The summed E-state index contributed by atoms with van der Waals surface area (Å²) in [5.41, 5.74) is 0.815. The van der Waals surface area contributed by atoms with E-state index < -0.39 is 16.1 Å². The largest absolute Gasteiger partial charge is 0.395 e. The Morgan fingerprint density at radius 2 is 2.00 bits per heavy atom. The Hall–Kier alpha value is -1.17. The molecule has 0 aliphatic carbocycles. The van der Waals surface area contributed by atoms with Crippen LogP contribution in [0.15, 0.2) is 35.7 Å². The van der Waals surface area contributed by atoms with Gasteiger partial charge in [0.1, 0.15) is 0 Å². The zero-order valence-electron chi connectivity index (χ0n) is 9.70. The van der Waals surface area contributed by atoms with Gasteiger partial charge in [-0.3, -0.25) is 0 Å². The lowest BCUT2D eigenvalue weighted by Crippen LogP contribution is -2.35. The van der Waals surface area contributed by atoms with Gasteiger partial charge in [0.05, 0.1) is 6.61 Å². The van der Waals surface area contributed by atoms with Crippen molar-refractivity contribution in [1.29, 1.82) is 0 Å². The van der Waals surface area contributed by atoms with Crippen LogP contribution in [0.2, 0.25) is 0 Å². The number of aliphatic hydroxyl groups excluding tert-OH is 1. The lowest BCUT2D eigenvalue weighted by atomic mass is 10.2. The molecule has 0 saturated heterocycles. The van der Waals surface area contributed by atoms with E-state index in [0.29, 0.717) is 6.42 Å². The van der Waals surface area contributed by atoms with Crippen LogP contribution in [-0.4, -0.2) is 26.2 Å². The average molecular weight is 255 g/mol. The van der Waals surface area contributed by atoms with Crippen LogP contribution in [0.25, 0.3) is 6.08 Å². The summed E-state index contributed by atoms with van der Waals surface area (Å²) in [6.07, 6.45) is 2.07. The molecule has 0 aliphatic rings. The molecule has 1 atom stereocenters. The second-order valence-electron chi connectivity index (χ2n) is 3.66. The minimum absolute atomic E-state index is 0.199. The highest BCUT2D eigenvalue weighted by atomic mass is 32.2. The second kappa shape index (κ2) is 6.54. The van der Waals surface area contributed by atoms with E-state index in [4.69, 9.17) is 5.11 Å². The Bertz CT molecular complexity index is 450. The van der Waals surface area contributed by atoms with Crippen LogP contribution in [0, 0.1) is 0 Å². The average Bonchev–Trinajstić information content (AvgIpc) is 2.35. The molecular formula is C12H17NO3S. The summed E-state index contributed by atoms with van der Waals surface area (Å²) >= 11 is 0. The monoisotopic (exact) mass is 255 g/mol. The number of nitrogens with one attached hydrogen (secondary N) is 1. The van der Waals surface area contributed by atoms with Gasteiger partial charge >= 0.3 is 0 Å². The van der Waals surface area contributed by atoms with Gasteiger partial charge in [0.15, 0.2) is 0 Å². The summed E-state index contributed by atoms with van der Waals surface area (Å²) in [7, 11) is -3.49. The van der Waals surface area contributed by atoms with Crippen molar-refractivity contribution in [2.75, 3.05) is 6.61 Å². The van der Waals surface area contributed by atoms with Crippen molar-refractivity contribution in [2.45, 2.75) is 19.4 Å². The molecule has 0 radical (unpaired) electrons. The molecule has 17 heavy (non-hydrogen) atoms. The normalized spacial score (nSPS) is 14.0. The van der Waals surface area contributed by atoms with Gasteiger partial charge in [-0.1, -0.05) is 37.3 Å². The highest BCUT2D eigenvalue weighted by Crippen LogP contribution is 2.03. The Morgan fingerprint density at radius 3 is 2.53 bits per heavy atom. The summed E-state index contributed by atoms with van der Waals surface area (Å²) < 4.78 is 25.6. The third-order valence-corrected chi connectivity index (χ3v) is 3.44. The summed E-state index contributed by atoms with van der Waals surface area (Å²) in [4.78, 5) is 0. The van der Waals surface area contributed by atoms with Gasteiger partial charge in [0.2, 0.25) is 10.0 Å². The van der Waals surface area contributed by atoms with Crippen molar-refractivity contribution in [3.63, 3.8) is 0 Å². The van der Waals surface area contributed by atoms with Crippen LogP contribution < -0.4 is 4.72 Å². The van der Waals surface area contributed by atoms with Gasteiger partial charge in [-0.2, -0.15) is 0 Å². The number of hydrogen-bond acceptors (Lipinski definition) is 3. The first-order valence-electron chi connectivity index (χ1n) is 5.43. The van der Waals surface area contributed by atoms with E-state index in [0.717, 1.165) is 11.0 Å². The first-order chi connectivity index (χ1) is 8.07. The van der Waals surface area contributed by atoms with E-state index in [1.165, 1.54) is 6.08 Å². The molecule has 0 heterocycles. The Balaban J connectivity index is 2.70. The molecule has 0 aliphatic heterocycles. The lowest BCUT2D eigenvalue weighted by molar-refractivity contribution is 0.254. The Kier molecular flexibility index (Phi) is 5.34. The minimum atomic E-state index is -3.49. The van der Waals surface area contributed by atoms with Gasteiger partial charge in [0.25, 0.3) is 0 Å². The van der Waals surface area contributed by atoms with Crippen molar-refractivity contribution in [2.24, 2.45) is 0 Å². The predicted molar refractivity (Wildman–Crippen MR) is 68.7 cm³/mol. The molecule has 5 heteroatoms. The Labute approximate surface area is 102 Å². The standard InChI is InChI=1S/C12H17NO3S/c1-2-12(10-14)13-17(15,16)9-8-11-6-4-3-5-7-11/h3-9,12-14H,2,10H2,1H3/b9-8+. The number of hydrogen-bond donors (Lipinski definition) is 2. The molecule has 0 saturated carbocycles. The molecule has 0 spiro atoms. The summed E-state index contributed by atoms with van der Waals surface area (Å²) in [6.45, 7) is 1.61. The van der Waals surface area contributed by atoms with Crippen LogP contribution in [0.5, 0.6) is 0 Å². The summed E-state index contributed by atoms with van der Waals surface area (Å²) in [5.74, 6) is 0. The fraction of sp³-hybridized carbons (Fsp3) is 0.333. The molecule has 0 amide bonds. The maximum Gasteiger partial charge on any atom is 0.234 e. The van der Waals surface area contributed by atoms with Crippen LogP contribution in [0.1, 0.15) is 18.9 Å². The number of aliphatic hydroxyl groups is 1. The highest BCUT2D eigenvalue weighted by Gasteiger charge is 2.12. The minimum Gasteiger partial charge on any atom is -0.395 e. The van der Waals surface area contributed by atoms with Crippen molar-refractivity contribution >= 4 is 16.1 Å². The maximum absolute atomic E-state index is 11.6. The molecule has 0 fully saturated rings. The van der Waals surface area contributed by atoms with Crippen LogP contribution >= 0.6 is 0 Å². The third-order valence-electron chi connectivity index (χ3n) is 2.28. The van der Waals surface area contributed by atoms with Crippen LogP contribution in [0.3, 0.4) is 0 Å². The molecule has 1 rings (SSSR count). The van der Waals surface area contributed by atoms with Crippen LogP contribution in [0.4, 0.5) is 0 Å². The molecule has 0 aromatic heterocycles. The molecule has 4 nitrogen and oxygen atoms in total. The Morgan fingerprint density at radius 1 is 1.35 bits per heavy atom. The first-order valence-corrected chi connectivity index (χ1v) is 6.98. The number of sulfonamides is 1. The lowest BCUT2D eigenvalue weighted by Gasteiger charge is -2.11. The van der Waals surface area contributed by atoms with Gasteiger partial charge in [-0.15, -0.1) is 0 Å². The molecular weight excluding hydrogens is 238 g/mol. The second-order valence-corrected chi connectivity index (χ2v) is 5.26. The van der Waals surface area contributed by atoms with Gasteiger partial charge < -0.3 is 5.11 Å². The van der Waals surface area contributed by atoms with Gasteiger partial charge in [-0.05, 0) is 18.1 Å². The van der Waals surface area contributed by atoms with E-state index >= 15 is 0 Å². The van der Waals surface area contributed by atoms with E-state index in [-0.39, 0.29) is 6.61 Å². The van der Waals surface area contributed by atoms with Crippen molar-refractivity contribution in [1.82, 2.24) is 4.72 Å². The molecule has 1 aromatic carbocycles. The number of benzene rings is 1. The predicted octanol–water partition coefficient (Wildman–Crippen LogP) is 1.35. The molecule has 1 aromatic rings. The highest BCUT2D eigenvalue weighted by molar-refractivity contribution is 7.92. The maximum atomic E-state index is 11.6. The first kappa shape index (κ1) is 13.9. The summed E-state index contributed by atoms with van der Waals surface area (Å²) in [5, 5.41) is 10.0. The third kappa shape index (κ3) is 5.12. The van der Waals surface area contributed by atoms with E-state index in [1.807, 2.05) is 37.3 Å². The SMILES string of the molecule is CCC(CO)NS(=O)(=O)/C=C/c1ccccc1. The molecule has 2 N–H and O–H groups in total. The topological polar surface area (TPSA) is 66.4 Å². The molecule has 0 bridgehead atoms. The quantitative estimate of drug-likeness (QED) is 0.806. The smallest absolute Gasteiger partial charge is 0.234 e. The zero-order valence-corrected chi connectivity index (χ0v) is 10.5. The fourth-order valence-corrected chi connectivity index (χ4v) is 2.37. The molecule has 94 valence electrons. The zero-order chi connectivity index (χ0) is 12.7. The van der Waals surface area contributed by atoms with E-state index in [2.05, 4.69) is 4.72 Å². The number of rotatable bonds is 6. The van der Waals surface area contributed by atoms with Gasteiger partial charge in [0, 0.05) is 11.4 Å². The van der Waals surface area contributed by atoms with Gasteiger partial charge in [-0.25, -0.2) is 13.1 Å². The van der Waals surface area contributed by atoms with Crippen molar-refractivity contribution in [3.05, 3.63) is 41.3 Å². The van der Waals surface area contributed by atoms with E-state index in [9.17, 15) is 8.42 Å². The van der Waals surface area contributed by atoms with E-state index in [1.54, 1.807) is 0 Å². The summed E-state index contributed by atoms with van der Waals surface area (Å²) in [6, 6.07) is 8.73. The van der Waals surface area contributed by atoms with Crippen molar-refractivity contribution in [3.8, 4) is 0 Å². The fourth-order valence-electron chi connectivity index (χ4n) is 1.25. The molecule has 1 unspecified atom stereocenters.